The molecule has 0 atom stereocenters. The summed E-state index contributed by atoms with van der Waals surface area (Å²) in [5.74, 6) is -0.856. The number of aryl methyl sites for hydroxylation is 1. The highest BCUT2D eigenvalue weighted by molar-refractivity contribution is 7.92. The smallest absolute Gasteiger partial charge is 0.267 e. The van der Waals surface area contributed by atoms with Crippen LogP contribution in [0.4, 0.5) is 15.9 Å². The number of nitrogens with zero attached hydrogens (tertiary/aromatic N) is 2. The van der Waals surface area contributed by atoms with Gasteiger partial charge in [0.25, 0.3) is 10.0 Å². The Morgan fingerprint density at radius 3 is 2.68 bits per heavy atom. The normalized spacial score (nSPS) is 11.5. The summed E-state index contributed by atoms with van der Waals surface area (Å²) in [7, 11) is -2.38. The number of nitrogens with one attached hydrogen (secondary N) is 1. The first kappa shape index (κ1) is 13.6. The van der Waals surface area contributed by atoms with Crippen molar-refractivity contribution < 1.29 is 12.8 Å². The number of nitrogen functional groups attached to an aromatic ring is 1. The Morgan fingerprint density at radius 1 is 1.47 bits per heavy atom. The van der Waals surface area contributed by atoms with Crippen molar-refractivity contribution in [2.45, 2.75) is 4.90 Å². The topological polar surface area (TPSA) is 90.0 Å². The van der Waals surface area contributed by atoms with Gasteiger partial charge in [-0.1, -0.05) is 11.6 Å². The van der Waals surface area contributed by atoms with Crippen molar-refractivity contribution in [3.8, 4) is 0 Å². The number of hydrogen-bond acceptors (Lipinski definition) is 4. The predicted molar refractivity (Wildman–Crippen MR) is 69.8 cm³/mol. The lowest BCUT2D eigenvalue weighted by Crippen LogP contribution is -2.14. The van der Waals surface area contributed by atoms with Crippen LogP contribution in [0.5, 0.6) is 0 Å². The number of anilines is 2. The van der Waals surface area contributed by atoms with Crippen LogP contribution in [0, 0.1) is 5.82 Å². The lowest BCUT2D eigenvalue weighted by molar-refractivity contribution is 0.601. The van der Waals surface area contributed by atoms with Gasteiger partial charge in [0.15, 0.2) is 5.82 Å². The van der Waals surface area contributed by atoms with E-state index < -0.39 is 15.8 Å². The minimum atomic E-state index is -3.92. The molecule has 0 saturated carbocycles. The minimum absolute atomic E-state index is 0.0464. The lowest BCUT2D eigenvalue weighted by Gasteiger charge is -2.07. The zero-order valence-corrected chi connectivity index (χ0v) is 11.3. The van der Waals surface area contributed by atoms with Gasteiger partial charge in [0, 0.05) is 13.2 Å². The van der Waals surface area contributed by atoms with E-state index in [9.17, 15) is 12.8 Å². The quantitative estimate of drug-likeness (QED) is 0.901. The molecular weight excluding hydrogens is 295 g/mol. The molecule has 102 valence electrons. The van der Waals surface area contributed by atoms with Gasteiger partial charge in [0.2, 0.25) is 0 Å². The van der Waals surface area contributed by atoms with Gasteiger partial charge >= 0.3 is 0 Å². The van der Waals surface area contributed by atoms with Crippen LogP contribution in [0.2, 0.25) is 5.02 Å². The Kier molecular flexibility index (Phi) is 3.38. The molecule has 0 saturated heterocycles. The molecule has 19 heavy (non-hydrogen) atoms. The van der Waals surface area contributed by atoms with Gasteiger partial charge < -0.3 is 5.73 Å². The van der Waals surface area contributed by atoms with Crippen LogP contribution >= 0.6 is 11.6 Å². The fourth-order valence-electron chi connectivity index (χ4n) is 1.46. The Labute approximate surface area is 114 Å². The minimum Gasteiger partial charge on any atom is -0.381 e. The van der Waals surface area contributed by atoms with Crippen molar-refractivity contribution in [1.29, 1.82) is 0 Å². The molecule has 1 aromatic carbocycles. The maximum absolute atomic E-state index is 13.2. The average molecular weight is 305 g/mol. The first-order valence-corrected chi connectivity index (χ1v) is 6.93. The number of sulfonamides is 1. The molecular formula is C10H10ClFN4O2S. The molecule has 0 radical (unpaired) electrons. The summed E-state index contributed by atoms with van der Waals surface area (Å²) in [6.07, 6.45) is 1.25. The number of hydrogen-bond donors (Lipinski definition) is 2. The van der Waals surface area contributed by atoms with Crippen LogP contribution < -0.4 is 10.5 Å². The average Bonchev–Trinajstić information content (AvgIpc) is 2.63. The van der Waals surface area contributed by atoms with E-state index in [2.05, 4.69) is 9.82 Å². The molecule has 0 fully saturated rings. The molecule has 2 aromatic rings. The van der Waals surface area contributed by atoms with Gasteiger partial charge in [-0.15, -0.1) is 0 Å². The van der Waals surface area contributed by atoms with Crippen molar-refractivity contribution in [2.75, 3.05) is 10.5 Å². The molecule has 9 heteroatoms. The van der Waals surface area contributed by atoms with E-state index in [0.29, 0.717) is 0 Å². The van der Waals surface area contributed by atoms with Crippen LogP contribution in [0.25, 0.3) is 0 Å². The molecule has 0 aliphatic rings. The van der Waals surface area contributed by atoms with Gasteiger partial charge in [-0.3, -0.25) is 9.40 Å². The molecule has 0 spiro atoms. The molecule has 1 heterocycles. The lowest BCUT2D eigenvalue weighted by atomic mass is 10.3. The highest BCUT2D eigenvalue weighted by Gasteiger charge is 2.21. The molecule has 0 amide bonds. The van der Waals surface area contributed by atoms with E-state index in [4.69, 9.17) is 17.3 Å². The monoisotopic (exact) mass is 304 g/mol. The molecule has 6 nitrogen and oxygen atoms in total. The van der Waals surface area contributed by atoms with E-state index in [1.54, 1.807) is 0 Å². The molecule has 0 aliphatic heterocycles. The van der Waals surface area contributed by atoms with Crippen LogP contribution in [0.1, 0.15) is 0 Å². The van der Waals surface area contributed by atoms with Crippen LogP contribution in [-0.2, 0) is 17.1 Å². The summed E-state index contributed by atoms with van der Waals surface area (Å²) in [6.45, 7) is 0. The van der Waals surface area contributed by atoms with Crippen molar-refractivity contribution in [2.24, 2.45) is 7.05 Å². The molecule has 1 aromatic heterocycles. The number of benzene rings is 1. The van der Waals surface area contributed by atoms with Crippen molar-refractivity contribution in [3.05, 3.63) is 35.2 Å². The van der Waals surface area contributed by atoms with Gasteiger partial charge in [0.05, 0.1) is 10.7 Å². The van der Waals surface area contributed by atoms with Gasteiger partial charge in [0.1, 0.15) is 10.7 Å². The van der Waals surface area contributed by atoms with E-state index in [1.807, 2.05) is 0 Å². The number of rotatable bonds is 3. The van der Waals surface area contributed by atoms with E-state index in [-0.39, 0.29) is 21.4 Å². The summed E-state index contributed by atoms with van der Waals surface area (Å²) >= 11 is 5.51. The fraction of sp³-hybridized carbons (Fsp3) is 0.100. The SMILES string of the molecule is Cn1cc(S(=O)(=O)Nc2ccc(Cl)c(F)c2)c(N)n1. The van der Waals surface area contributed by atoms with Crippen molar-refractivity contribution in [3.63, 3.8) is 0 Å². The first-order valence-electron chi connectivity index (χ1n) is 5.06. The maximum atomic E-state index is 13.2. The standard InChI is InChI=1S/C10H10ClFN4O2S/c1-16-5-9(10(13)14-16)19(17,18)15-6-2-3-7(11)8(12)4-6/h2-5,15H,1H3,(H2,13,14). The third kappa shape index (κ3) is 2.79. The summed E-state index contributed by atoms with van der Waals surface area (Å²) in [6, 6.07) is 3.57. The molecule has 2 rings (SSSR count). The van der Waals surface area contributed by atoms with Gasteiger partial charge in [-0.25, -0.2) is 12.8 Å². The van der Waals surface area contributed by atoms with Gasteiger partial charge in [-0.2, -0.15) is 5.10 Å². The zero-order chi connectivity index (χ0) is 14.2. The highest BCUT2D eigenvalue weighted by Crippen LogP contribution is 2.23. The van der Waals surface area contributed by atoms with E-state index in [0.717, 1.165) is 6.07 Å². The largest absolute Gasteiger partial charge is 0.381 e. The third-order valence-electron chi connectivity index (χ3n) is 2.28. The second-order valence-corrected chi connectivity index (χ2v) is 5.84. The van der Waals surface area contributed by atoms with Crippen molar-refractivity contribution in [1.82, 2.24) is 9.78 Å². The molecule has 3 N–H and O–H groups in total. The Hall–Kier alpha value is -1.80. The summed E-state index contributed by atoms with van der Waals surface area (Å²) in [5.41, 5.74) is 5.54. The van der Waals surface area contributed by atoms with Crippen LogP contribution in [0.15, 0.2) is 29.3 Å². The van der Waals surface area contributed by atoms with Crippen LogP contribution in [-0.4, -0.2) is 18.2 Å². The third-order valence-corrected chi connectivity index (χ3v) is 3.99. The Balaban J connectivity index is 2.36. The summed E-state index contributed by atoms with van der Waals surface area (Å²) in [5, 5.41) is 3.64. The highest BCUT2D eigenvalue weighted by atomic mass is 35.5. The first-order chi connectivity index (χ1) is 8.79. The number of halogens is 2. The summed E-state index contributed by atoms with van der Waals surface area (Å²) < 4.78 is 40.8. The zero-order valence-electron chi connectivity index (χ0n) is 9.76. The maximum Gasteiger partial charge on any atom is 0.267 e. The van der Waals surface area contributed by atoms with Crippen LogP contribution in [0.3, 0.4) is 0 Å². The van der Waals surface area contributed by atoms with Crippen molar-refractivity contribution >= 4 is 33.1 Å². The second kappa shape index (κ2) is 4.71. The van der Waals surface area contributed by atoms with Gasteiger partial charge in [-0.05, 0) is 18.2 Å². The summed E-state index contributed by atoms with van der Waals surface area (Å²) in [4.78, 5) is -0.176. The predicted octanol–water partition coefficient (Wildman–Crippen LogP) is 1.60. The Bertz CT molecular complexity index is 729. The van der Waals surface area contributed by atoms with E-state index >= 15 is 0 Å². The van der Waals surface area contributed by atoms with E-state index in [1.165, 1.54) is 30.1 Å². The molecule has 0 aliphatic carbocycles. The Morgan fingerprint density at radius 2 is 2.16 bits per heavy atom. The fourth-order valence-corrected chi connectivity index (χ4v) is 2.73. The second-order valence-electron chi connectivity index (χ2n) is 3.79. The number of aromatic nitrogens is 2. The molecule has 0 bridgehead atoms. The number of nitrogens with two attached hydrogens (primary N) is 1. The molecule has 0 unspecified atom stereocenters.